The van der Waals surface area contributed by atoms with E-state index in [4.69, 9.17) is 9.47 Å². The number of rotatable bonds is 5. The van der Waals surface area contributed by atoms with Gasteiger partial charge in [-0.25, -0.2) is 0 Å². The number of carbonyl (C=O) groups excluding carboxylic acids is 1. The van der Waals surface area contributed by atoms with Crippen molar-refractivity contribution < 1.29 is 14.3 Å². The first-order chi connectivity index (χ1) is 7.85. The third-order valence-corrected chi connectivity index (χ3v) is 2.91. The van der Waals surface area contributed by atoms with E-state index in [9.17, 15) is 4.79 Å². The van der Waals surface area contributed by atoms with Crippen LogP contribution in [0, 0.1) is 5.92 Å². The Balaban J connectivity index is 1.50. The molecule has 3 rings (SSSR count). The lowest BCUT2D eigenvalue weighted by Gasteiger charge is -2.09. The van der Waals surface area contributed by atoms with Gasteiger partial charge in [-0.05, 0) is 18.8 Å². The van der Waals surface area contributed by atoms with E-state index in [0.717, 1.165) is 25.4 Å². The molecule has 2 heterocycles. The Morgan fingerprint density at radius 3 is 3.12 bits per heavy atom. The average Bonchev–Trinajstić information content (AvgIpc) is 2.88. The molecule has 1 aromatic rings. The number of ether oxygens (including phenoxy) is 2. The number of hydrogen-bond acceptors (Lipinski definition) is 4. The lowest BCUT2D eigenvalue weighted by Crippen LogP contribution is -2.22. The van der Waals surface area contributed by atoms with E-state index in [1.165, 1.54) is 12.8 Å². The molecule has 0 spiro atoms. The van der Waals surface area contributed by atoms with Crippen LogP contribution in [0.1, 0.15) is 23.3 Å². The number of aldehydes is 1. The molecule has 0 N–H and O–H groups in total. The van der Waals surface area contributed by atoms with Crippen molar-refractivity contribution in [3.05, 3.63) is 11.9 Å². The molecule has 2 aliphatic rings. The minimum atomic E-state index is 0.0435. The molecule has 86 valence electrons. The SMILES string of the molecule is O=Cc1cn2c(n1)OC(COCC1CC1)C2. The number of aromatic nitrogens is 2. The highest BCUT2D eigenvalue weighted by Gasteiger charge is 2.26. The Morgan fingerprint density at radius 2 is 2.44 bits per heavy atom. The molecule has 5 nitrogen and oxygen atoms in total. The zero-order chi connectivity index (χ0) is 11.0. The first kappa shape index (κ1) is 9.84. The van der Waals surface area contributed by atoms with Gasteiger partial charge in [-0.3, -0.25) is 9.36 Å². The van der Waals surface area contributed by atoms with Crippen LogP contribution in [-0.2, 0) is 11.3 Å². The van der Waals surface area contributed by atoms with E-state index >= 15 is 0 Å². The Morgan fingerprint density at radius 1 is 1.56 bits per heavy atom. The van der Waals surface area contributed by atoms with Crippen LogP contribution in [0.4, 0.5) is 0 Å². The molecule has 1 aliphatic carbocycles. The van der Waals surface area contributed by atoms with Gasteiger partial charge in [0.15, 0.2) is 6.29 Å². The molecule has 16 heavy (non-hydrogen) atoms. The number of carbonyl (C=O) groups is 1. The van der Waals surface area contributed by atoms with Crippen molar-refractivity contribution in [2.75, 3.05) is 13.2 Å². The summed E-state index contributed by atoms with van der Waals surface area (Å²) >= 11 is 0. The molecule has 1 saturated carbocycles. The first-order valence-electron chi connectivity index (χ1n) is 5.62. The van der Waals surface area contributed by atoms with E-state index in [1.807, 2.05) is 4.57 Å². The van der Waals surface area contributed by atoms with E-state index in [0.29, 0.717) is 18.3 Å². The highest BCUT2D eigenvalue weighted by atomic mass is 16.5. The zero-order valence-electron chi connectivity index (χ0n) is 8.96. The molecule has 0 aromatic carbocycles. The van der Waals surface area contributed by atoms with Crippen molar-refractivity contribution in [1.82, 2.24) is 9.55 Å². The molecule has 1 aliphatic heterocycles. The summed E-state index contributed by atoms with van der Waals surface area (Å²) in [6, 6.07) is 0.530. The average molecular weight is 222 g/mol. The van der Waals surface area contributed by atoms with Gasteiger partial charge in [-0.2, -0.15) is 4.98 Å². The maximum absolute atomic E-state index is 10.5. The molecule has 0 amide bonds. The number of hydrogen-bond donors (Lipinski definition) is 0. The van der Waals surface area contributed by atoms with Gasteiger partial charge in [0, 0.05) is 12.8 Å². The standard InChI is InChI=1S/C11H14N2O3/c14-5-9-3-13-4-10(16-11(13)12-9)7-15-6-8-1-2-8/h3,5,8,10H,1-2,4,6-7H2. The highest BCUT2D eigenvalue weighted by Crippen LogP contribution is 2.29. The monoisotopic (exact) mass is 222 g/mol. The Hall–Kier alpha value is -1.36. The molecular weight excluding hydrogens is 208 g/mol. The molecule has 1 fully saturated rings. The summed E-state index contributed by atoms with van der Waals surface area (Å²) in [7, 11) is 0. The van der Waals surface area contributed by atoms with Crippen LogP contribution in [0.5, 0.6) is 6.01 Å². The Bertz CT molecular complexity index is 374. The van der Waals surface area contributed by atoms with Gasteiger partial charge in [0.1, 0.15) is 11.8 Å². The number of nitrogens with zero attached hydrogens (tertiary/aromatic N) is 2. The van der Waals surface area contributed by atoms with Crippen molar-refractivity contribution in [3.8, 4) is 6.01 Å². The molecule has 0 bridgehead atoms. The predicted molar refractivity (Wildman–Crippen MR) is 55.6 cm³/mol. The molecule has 5 heteroatoms. The van der Waals surface area contributed by atoms with Gasteiger partial charge in [0.25, 0.3) is 6.01 Å². The fraction of sp³-hybridized carbons (Fsp3) is 0.636. The van der Waals surface area contributed by atoms with E-state index < -0.39 is 0 Å². The highest BCUT2D eigenvalue weighted by molar-refractivity contribution is 5.71. The third kappa shape index (κ3) is 1.95. The second kappa shape index (κ2) is 3.90. The van der Waals surface area contributed by atoms with E-state index in [2.05, 4.69) is 4.98 Å². The molecular formula is C11H14N2O3. The Labute approximate surface area is 93.4 Å². The maximum Gasteiger partial charge on any atom is 0.297 e. The van der Waals surface area contributed by atoms with Crippen molar-refractivity contribution in [2.24, 2.45) is 5.92 Å². The van der Waals surface area contributed by atoms with Crippen molar-refractivity contribution >= 4 is 6.29 Å². The van der Waals surface area contributed by atoms with Crippen LogP contribution in [-0.4, -0.2) is 35.2 Å². The quantitative estimate of drug-likeness (QED) is 0.694. The van der Waals surface area contributed by atoms with Crippen molar-refractivity contribution in [2.45, 2.75) is 25.5 Å². The van der Waals surface area contributed by atoms with Crippen LogP contribution in [0.3, 0.4) is 0 Å². The molecule has 1 unspecified atom stereocenters. The minimum Gasteiger partial charge on any atom is -0.457 e. The summed E-state index contributed by atoms with van der Waals surface area (Å²) in [5, 5.41) is 0. The summed E-state index contributed by atoms with van der Waals surface area (Å²) < 4.78 is 13.0. The summed E-state index contributed by atoms with van der Waals surface area (Å²) in [5.41, 5.74) is 0.423. The lowest BCUT2D eigenvalue weighted by atomic mass is 10.4. The molecule has 1 atom stereocenters. The maximum atomic E-state index is 10.5. The summed E-state index contributed by atoms with van der Waals surface area (Å²) in [5.74, 6) is 0.778. The first-order valence-corrected chi connectivity index (χ1v) is 5.62. The van der Waals surface area contributed by atoms with Crippen molar-refractivity contribution in [1.29, 1.82) is 0 Å². The topological polar surface area (TPSA) is 53.4 Å². The molecule has 1 aromatic heterocycles. The van der Waals surface area contributed by atoms with Gasteiger partial charge in [0.05, 0.1) is 13.2 Å². The lowest BCUT2D eigenvalue weighted by molar-refractivity contribution is 0.0523. The van der Waals surface area contributed by atoms with Crippen LogP contribution in [0.15, 0.2) is 6.20 Å². The van der Waals surface area contributed by atoms with Crippen LogP contribution in [0.25, 0.3) is 0 Å². The van der Waals surface area contributed by atoms with Crippen LogP contribution < -0.4 is 4.74 Å². The second-order valence-electron chi connectivity index (χ2n) is 4.44. The number of imidazole rings is 1. The smallest absolute Gasteiger partial charge is 0.297 e. The normalized spacial score (nSPS) is 22.9. The van der Waals surface area contributed by atoms with Gasteiger partial charge in [0.2, 0.25) is 0 Å². The summed E-state index contributed by atoms with van der Waals surface area (Å²) in [6.07, 6.45) is 5.09. The van der Waals surface area contributed by atoms with Crippen LogP contribution >= 0.6 is 0 Å². The summed E-state index contributed by atoms with van der Waals surface area (Å²) in [6.45, 7) is 2.18. The fourth-order valence-corrected chi connectivity index (χ4v) is 1.84. The van der Waals surface area contributed by atoms with Crippen molar-refractivity contribution in [3.63, 3.8) is 0 Å². The Kier molecular flexibility index (Phi) is 2.40. The molecule has 0 radical (unpaired) electrons. The van der Waals surface area contributed by atoms with Gasteiger partial charge in [-0.15, -0.1) is 0 Å². The van der Waals surface area contributed by atoms with E-state index in [-0.39, 0.29) is 6.10 Å². The van der Waals surface area contributed by atoms with Crippen LogP contribution in [0.2, 0.25) is 0 Å². The zero-order valence-corrected chi connectivity index (χ0v) is 8.96. The molecule has 0 saturated heterocycles. The van der Waals surface area contributed by atoms with Gasteiger partial charge < -0.3 is 9.47 Å². The van der Waals surface area contributed by atoms with E-state index in [1.54, 1.807) is 6.20 Å². The largest absolute Gasteiger partial charge is 0.457 e. The third-order valence-electron chi connectivity index (χ3n) is 2.91. The summed E-state index contributed by atoms with van der Waals surface area (Å²) in [4.78, 5) is 14.5. The van der Waals surface area contributed by atoms with Gasteiger partial charge >= 0.3 is 0 Å². The minimum absolute atomic E-state index is 0.0435. The number of fused-ring (bicyclic) bond motifs is 1. The fourth-order valence-electron chi connectivity index (χ4n) is 1.84. The second-order valence-corrected chi connectivity index (χ2v) is 4.44. The predicted octanol–water partition coefficient (Wildman–Crippen LogP) is 0.883. The van der Waals surface area contributed by atoms with Gasteiger partial charge in [-0.1, -0.05) is 0 Å².